The summed E-state index contributed by atoms with van der Waals surface area (Å²) in [5, 5.41) is 11.2. The standard InChI is InChI=1S/C21H24F3N6OP/c1-32(2,31)17-5-3-15(4-6-17)28-20-26-12-18(21(22,23)24)19(29-20)14-11-27-30(13-14)16-7-9-25-10-8-16/h3-6,11-13,16,25H,7-10H2,1-2H3,(H,26,28,29). The number of anilines is 2. The normalized spacial score (nSPS) is 15.7. The topological polar surface area (TPSA) is 84.7 Å². The molecule has 2 N–H and O–H groups in total. The lowest BCUT2D eigenvalue weighted by atomic mass is 10.1. The van der Waals surface area contributed by atoms with Crippen molar-refractivity contribution in [1.82, 2.24) is 25.1 Å². The average molecular weight is 464 g/mol. The number of halogens is 3. The predicted molar refractivity (Wildman–Crippen MR) is 118 cm³/mol. The Balaban J connectivity index is 1.65. The molecule has 1 aromatic carbocycles. The molecule has 1 aliphatic heterocycles. The molecule has 0 saturated carbocycles. The van der Waals surface area contributed by atoms with Crippen molar-refractivity contribution in [1.29, 1.82) is 0 Å². The van der Waals surface area contributed by atoms with E-state index in [0.29, 0.717) is 11.0 Å². The van der Waals surface area contributed by atoms with Crippen LogP contribution < -0.4 is 15.9 Å². The van der Waals surface area contributed by atoms with Crippen molar-refractivity contribution in [3.63, 3.8) is 0 Å². The molecule has 4 rings (SSSR count). The van der Waals surface area contributed by atoms with Crippen LogP contribution in [0.2, 0.25) is 0 Å². The summed E-state index contributed by atoms with van der Waals surface area (Å²) in [6.07, 6.45) is 0.942. The molecule has 3 heterocycles. The Bertz CT molecular complexity index is 1130. The summed E-state index contributed by atoms with van der Waals surface area (Å²) in [6.45, 7) is 5.04. The molecular formula is C21H24F3N6OP. The van der Waals surface area contributed by atoms with E-state index < -0.39 is 18.9 Å². The maximum absolute atomic E-state index is 13.6. The van der Waals surface area contributed by atoms with Gasteiger partial charge in [-0.15, -0.1) is 0 Å². The van der Waals surface area contributed by atoms with Crippen molar-refractivity contribution < 1.29 is 17.7 Å². The van der Waals surface area contributed by atoms with Gasteiger partial charge in [-0.25, -0.2) is 9.97 Å². The monoisotopic (exact) mass is 464 g/mol. The second kappa shape index (κ2) is 8.67. The number of nitrogens with zero attached hydrogens (tertiary/aromatic N) is 4. The molecule has 0 aliphatic carbocycles. The third-order valence-electron chi connectivity index (χ3n) is 5.40. The first-order valence-electron chi connectivity index (χ1n) is 10.2. The van der Waals surface area contributed by atoms with E-state index in [1.54, 1.807) is 48.5 Å². The summed E-state index contributed by atoms with van der Waals surface area (Å²) in [6, 6.07) is 6.98. The molecule has 2 aromatic heterocycles. The van der Waals surface area contributed by atoms with E-state index >= 15 is 0 Å². The van der Waals surface area contributed by atoms with Gasteiger partial charge in [0, 0.05) is 28.9 Å². The highest BCUT2D eigenvalue weighted by Gasteiger charge is 2.36. The van der Waals surface area contributed by atoms with Crippen LogP contribution in [-0.4, -0.2) is 46.2 Å². The second-order valence-corrected chi connectivity index (χ2v) is 11.4. The molecule has 0 bridgehead atoms. The molecule has 0 unspecified atom stereocenters. The molecule has 0 amide bonds. The minimum atomic E-state index is -4.60. The first kappa shape index (κ1) is 22.5. The van der Waals surface area contributed by atoms with E-state index in [1.807, 2.05) is 0 Å². The first-order valence-corrected chi connectivity index (χ1v) is 12.8. The van der Waals surface area contributed by atoms with Crippen molar-refractivity contribution >= 4 is 24.1 Å². The van der Waals surface area contributed by atoms with Crippen molar-refractivity contribution in [2.45, 2.75) is 25.1 Å². The van der Waals surface area contributed by atoms with Gasteiger partial charge < -0.3 is 15.2 Å². The van der Waals surface area contributed by atoms with Crippen molar-refractivity contribution in [3.05, 3.63) is 48.4 Å². The zero-order valence-electron chi connectivity index (χ0n) is 17.7. The SMILES string of the molecule is CP(C)(=O)c1ccc(Nc2ncc(C(F)(F)F)c(-c3cnn(C4CCNCC4)c3)n2)cc1. The van der Waals surface area contributed by atoms with Crippen LogP contribution in [0.25, 0.3) is 11.3 Å². The molecule has 170 valence electrons. The Morgan fingerprint density at radius 1 is 1.12 bits per heavy atom. The molecule has 32 heavy (non-hydrogen) atoms. The van der Waals surface area contributed by atoms with Crippen molar-refractivity contribution in [3.8, 4) is 11.3 Å². The summed E-state index contributed by atoms with van der Waals surface area (Å²) >= 11 is 0. The molecule has 7 nitrogen and oxygen atoms in total. The average Bonchev–Trinajstić information content (AvgIpc) is 3.24. The van der Waals surface area contributed by atoms with Crippen molar-refractivity contribution in [2.75, 3.05) is 31.7 Å². The number of aromatic nitrogens is 4. The fourth-order valence-electron chi connectivity index (χ4n) is 3.63. The van der Waals surface area contributed by atoms with Gasteiger partial charge in [0.2, 0.25) is 5.95 Å². The number of piperidine rings is 1. The van der Waals surface area contributed by atoms with E-state index in [-0.39, 0.29) is 23.2 Å². The van der Waals surface area contributed by atoms with Gasteiger partial charge in [-0.3, -0.25) is 4.68 Å². The van der Waals surface area contributed by atoms with E-state index in [1.165, 1.54) is 6.20 Å². The predicted octanol–water partition coefficient (Wildman–Crippen LogP) is 4.28. The summed E-state index contributed by atoms with van der Waals surface area (Å²) < 4.78 is 54.8. The quantitative estimate of drug-likeness (QED) is 0.549. The van der Waals surface area contributed by atoms with Crippen LogP contribution >= 0.6 is 7.14 Å². The number of benzene rings is 1. The van der Waals surface area contributed by atoms with E-state index in [9.17, 15) is 17.7 Å². The van der Waals surface area contributed by atoms with Crippen LogP contribution in [0.5, 0.6) is 0 Å². The number of rotatable bonds is 5. The van der Waals surface area contributed by atoms with Gasteiger partial charge in [0.15, 0.2) is 0 Å². The first-order chi connectivity index (χ1) is 15.1. The van der Waals surface area contributed by atoms with Crippen LogP contribution in [0.15, 0.2) is 42.9 Å². The maximum atomic E-state index is 13.6. The fraction of sp³-hybridized carbons (Fsp3) is 0.381. The Hall–Kier alpha value is -2.71. The molecule has 1 aliphatic rings. The van der Waals surface area contributed by atoms with Gasteiger partial charge in [0.25, 0.3) is 0 Å². The van der Waals surface area contributed by atoms with Gasteiger partial charge >= 0.3 is 6.18 Å². The van der Waals surface area contributed by atoms with Gasteiger partial charge in [-0.1, -0.05) is 0 Å². The minimum Gasteiger partial charge on any atom is -0.324 e. The van der Waals surface area contributed by atoms with Crippen LogP contribution in [0, 0.1) is 0 Å². The van der Waals surface area contributed by atoms with Crippen molar-refractivity contribution in [2.24, 2.45) is 0 Å². The Morgan fingerprint density at radius 2 is 1.81 bits per heavy atom. The summed E-state index contributed by atoms with van der Waals surface area (Å²) in [5.41, 5.74) is -0.271. The summed E-state index contributed by atoms with van der Waals surface area (Å²) in [5.74, 6) is 0.0338. The van der Waals surface area contributed by atoms with Gasteiger partial charge in [0.1, 0.15) is 12.7 Å². The lowest BCUT2D eigenvalue weighted by molar-refractivity contribution is -0.137. The van der Waals surface area contributed by atoms with Crippen LogP contribution in [0.3, 0.4) is 0 Å². The molecule has 0 atom stereocenters. The number of nitrogens with one attached hydrogen (secondary N) is 2. The molecule has 3 aromatic rings. The Kier molecular flexibility index (Phi) is 6.09. The molecule has 0 spiro atoms. The zero-order chi connectivity index (χ0) is 22.9. The lowest BCUT2D eigenvalue weighted by Crippen LogP contribution is -2.29. The number of hydrogen-bond donors (Lipinski definition) is 2. The molecule has 0 radical (unpaired) electrons. The third-order valence-corrected chi connectivity index (χ3v) is 6.94. The number of alkyl halides is 3. The third kappa shape index (κ3) is 5.02. The van der Waals surface area contributed by atoms with E-state index in [2.05, 4.69) is 25.7 Å². The van der Waals surface area contributed by atoms with Crippen LogP contribution in [0.4, 0.5) is 24.8 Å². The largest absolute Gasteiger partial charge is 0.419 e. The Morgan fingerprint density at radius 3 is 2.44 bits per heavy atom. The van der Waals surface area contributed by atoms with E-state index in [4.69, 9.17) is 0 Å². The lowest BCUT2D eigenvalue weighted by Gasteiger charge is -2.22. The maximum Gasteiger partial charge on any atom is 0.419 e. The number of hydrogen-bond acceptors (Lipinski definition) is 6. The summed E-state index contributed by atoms with van der Waals surface area (Å²) in [7, 11) is -2.40. The molecule has 1 saturated heterocycles. The van der Waals surface area contributed by atoms with Crippen LogP contribution in [-0.2, 0) is 10.7 Å². The second-order valence-electron chi connectivity index (χ2n) is 8.17. The summed E-state index contributed by atoms with van der Waals surface area (Å²) in [4.78, 5) is 8.03. The Labute approximate surface area is 183 Å². The van der Waals surface area contributed by atoms with Gasteiger partial charge in [-0.2, -0.15) is 18.3 Å². The minimum absolute atomic E-state index is 0.0338. The van der Waals surface area contributed by atoms with E-state index in [0.717, 1.165) is 32.1 Å². The molecular weight excluding hydrogens is 440 g/mol. The van der Waals surface area contributed by atoms with Crippen LogP contribution in [0.1, 0.15) is 24.4 Å². The highest BCUT2D eigenvalue weighted by molar-refractivity contribution is 7.70. The highest BCUT2D eigenvalue weighted by atomic mass is 31.2. The highest BCUT2D eigenvalue weighted by Crippen LogP contribution is 2.37. The fourth-order valence-corrected chi connectivity index (χ4v) is 4.50. The molecule has 11 heteroatoms. The molecule has 1 fully saturated rings. The van der Waals surface area contributed by atoms with Gasteiger partial charge in [-0.05, 0) is 63.5 Å². The smallest absolute Gasteiger partial charge is 0.324 e. The zero-order valence-corrected chi connectivity index (χ0v) is 18.6. The van der Waals surface area contributed by atoms with Gasteiger partial charge in [0.05, 0.1) is 17.9 Å².